The third-order valence-electron chi connectivity index (χ3n) is 2.27. The Hall–Kier alpha value is -0.870. The number of rotatable bonds is 5. The lowest BCUT2D eigenvalue weighted by atomic mass is 10.1. The van der Waals surface area contributed by atoms with Crippen molar-refractivity contribution in [1.29, 1.82) is 0 Å². The van der Waals surface area contributed by atoms with Gasteiger partial charge >= 0.3 is 5.97 Å². The molecule has 88 valence electrons. The molecule has 0 fully saturated rings. The number of hydrogen-bond acceptors (Lipinski definition) is 3. The number of benzene rings is 1. The molecule has 1 aromatic carbocycles. The lowest BCUT2D eigenvalue weighted by molar-refractivity contribution is -0.149. The van der Waals surface area contributed by atoms with Crippen LogP contribution in [0, 0.1) is 5.92 Å². The summed E-state index contributed by atoms with van der Waals surface area (Å²) in [5.41, 5.74) is 6.36. The number of halogens is 1. The van der Waals surface area contributed by atoms with Gasteiger partial charge in [-0.3, -0.25) is 4.79 Å². The minimum atomic E-state index is -0.189. The molecule has 2 N–H and O–H groups in total. The Morgan fingerprint density at radius 2 is 2.31 bits per heavy atom. The van der Waals surface area contributed by atoms with Gasteiger partial charge in [0.15, 0.2) is 0 Å². The second-order valence-corrected chi connectivity index (χ2v) is 4.63. The number of carbonyl (C=O) groups excluding carboxylic acids is 1. The Balaban J connectivity index is 2.42. The summed E-state index contributed by atoms with van der Waals surface area (Å²) in [6.07, 6.45) is 0.664. The SMILES string of the molecule is CC(CCN)C(=O)OCc1cccc(Br)c1. The Bertz CT molecular complexity index is 355. The van der Waals surface area contributed by atoms with Crippen molar-refractivity contribution in [3.05, 3.63) is 34.3 Å². The van der Waals surface area contributed by atoms with Crippen LogP contribution in [0.2, 0.25) is 0 Å². The molecule has 0 heterocycles. The van der Waals surface area contributed by atoms with Crippen LogP contribution in [0.4, 0.5) is 0 Å². The summed E-state index contributed by atoms with van der Waals surface area (Å²) in [5, 5.41) is 0. The number of esters is 1. The van der Waals surface area contributed by atoms with Crippen LogP contribution in [-0.2, 0) is 16.1 Å². The van der Waals surface area contributed by atoms with Crippen molar-refractivity contribution < 1.29 is 9.53 Å². The van der Waals surface area contributed by atoms with Gasteiger partial charge in [0.05, 0.1) is 5.92 Å². The van der Waals surface area contributed by atoms with Crippen molar-refractivity contribution in [1.82, 2.24) is 0 Å². The van der Waals surface area contributed by atoms with Crippen LogP contribution < -0.4 is 5.73 Å². The summed E-state index contributed by atoms with van der Waals surface area (Å²) >= 11 is 3.37. The Morgan fingerprint density at radius 3 is 2.94 bits per heavy atom. The number of nitrogens with two attached hydrogens (primary N) is 1. The van der Waals surface area contributed by atoms with Crippen LogP contribution in [0.1, 0.15) is 18.9 Å². The third kappa shape index (κ3) is 4.33. The maximum absolute atomic E-state index is 11.5. The standard InChI is InChI=1S/C12H16BrNO2/c1-9(5-6-14)12(15)16-8-10-3-2-4-11(13)7-10/h2-4,7,9H,5-6,8,14H2,1H3. The molecule has 1 atom stereocenters. The highest BCUT2D eigenvalue weighted by Gasteiger charge is 2.13. The minimum Gasteiger partial charge on any atom is -0.461 e. The average molecular weight is 286 g/mol. The van der Waals surface area contributed by atoms with E-state index in [0.29, 0.717) is 19.6 Å². The van der Waals surface area contributed by atoms with Crippen molar-refractivity contribution >= 4 is 21.9 Å². The summed E-state index contributed by atoms with van der Waals surface area (Å²) in [5.74, 6) is -0.317. The van der Waals surface area contributed by atoms with Crippen LogP contribution in [-0.4, -0.2) is 12.5 Å². The van der Waals surface area contributed by atoms with Crippen molar-refractivity contribution in [2.24, 2.45) is 11.7 Å². The van der Waals surface area contributed by atoms with E-state index in [0.717, 1.165) is 10.0 Å². The summed E-state index contributed by atoms with van der Waals surface area (Å²) in [6, 6.07) is 7.70. The van der Waals surface area contributed by atoms with E-state index in [-0.39, 0.29) is 11.9 Å². The minimum absolute atomic E-state index is 0.128. The van der Waals surface area contributed by atoms with Gasteiger partial charge in [-0.25, -0.2) is 0 Å². The smallest absolute Gasteiger partial charge is 0.309 e. The first-order chi connectivity index (χ1) is 7.63. The Labute approximate surface area is 104 Å². The van der Waals surface area contributed by atoms with E-state index in [9.17, 15) is 4.79 Å². The molecule has 3 nitrogen and oxygen atoms in total. The van der Waals surface area contributed by atoms with Crippen molar-refractivity contribution in [2.45, 2.75) is 20.0 Å². The predicted octanol–water partition coefficient (Wildman–Crippen LogP) is 2.48. The summed E-state index contributed by atoms with van der Waals surface area (Å²) in [4.78, 5) is 11.5. The number of ether oxygens (including phenoxy) is 1. The second kappa shape index (κ2) is 6.66. The van der Waals surface area contributed by atoms with E-state index in [2.05, 4.69) is 15.9 Å². The quantitative estimate of drug-likeness (QED) is 0.846. The first-order valence-electron chi connectivity index (χ1n) is 5.24. The van der Waals surface area contributed by atoms with Gasteiger partial charge in [0.25, 0.3) is 0 Å². The van der Waals surface area contributed by atoms with Crippen LogP contribution in [0.3, 0.4) is 0 Å². The van der Waals surface area contributed by atoms with Gasteiger partial charge in [-0.05, 0) is 30.7 Å². The summed E-state index contributed by atoms with van der Waals surface area (Å²) in [6.45, 7) is 2.65. The fourth-order valence-electron chi connectivity index (χ4n) is 1.29. The van der Waals surface area contributed by atoms with Crippen molar-refractivity contribution in [3.8, 4) is 0 Å². The van der Waals surface area contributed by atoms with E-state index in [4.69, 9.17) is 10.5 Å². The fourth-order valence-corrected chi connectivity index (χ4v) is 1.74. The number of hydrogen-bond donors (Lipinski definition) is 1. The molecule has 0 saturated carbocycles. The van der Waals surface area contributed by atoms with Crippen LogP contribution in [0.15, 0.2) is 28.7 Å². The zero-order chi connectivity index (χ0) is 12.0. The van der Waals surface area contributed by atoms with Gasteiger partial charge in [-0.1, -0.05) is 35.0 Å². The molecule has 0 aliphatic heterocycles. The summed E-state index contributed by atoms with van der Waals surface area (Å²) in [7, 11) is 0. The molecular weight excluding hydrogens is 270 g/mol. The molecule has 0 bridgehead atoms. The average Bonchev–Trinajstić information content (AvgIpc) is 2.26. The number of carbonyl (C=O) groups is 1. The largest absolute Gasteiger partial charge is 0.461 e. The molecule has 1 aromatic rings. The molecule has 0 aliphatic carbocycles. The molecule has 4 heteroatoms. The van der Waals surface area contributed by atoms with Gasteiger partial charge in [0, 0.05) is 4.47 Å². The first kappa shape index (κ1) is 13.2. The van der Waals surface area contributed by atoms with Gasteiger partial charge < -0.3 is 10.5 Å². The second-order valence-electron chi connectivity index (χ2n) is 3.72. The molecule has 16 heavy (non-hydrogen) atoms. The van der Waals surface area contributed by atoms with Crippen LogP contribution in [0.5, 0.6) is 0 Å². The normalized spacial score (nSPS) is 12.2. The topological polar surface area (TPSA) is 52.3 Å². The van der Waals surface area contributed by atoms with Crippen molar-refractivity contribution in [2.75, 3.05) is 6.54 Å². The molecule has 0 saturated heterocycles. The maximum atomic E-state index is 11.5. The molecule has 0 amide bonds. The first-order valence-corrected chi connectivity index (χ1v) is 6.04. The molecule has 1 rings (SSSR count). The summed E-state index contributed by atoms with van der Waals surface area (Å²) < 4.78 is 6.16. The third-order valence-corrected chi connectivity index (χ3v) is 2.77. The highest BCUT2D eigenvalue weighted by Crippen LogP contribution is 2.13. The fraction of sp³-hybridized carbons (Fsp3) is 0.417. The van der Waals surface area contributed by atoms with Gasteiger partial charge in [-0.2, -0.15) is 0 Å². The lowest BCUT2D eigenvalue weighted by Crippen LogP contribution is -2.18. The van der Waals surface area contributed by atoms with Gasteiger partial charge in [-0.15, -0.1) is 0 Å². The molecule has 0 radical (unpaired) electrons. The molecular formula is C12H16BrNO2. The van der Waals surface area contributed by atoms with E-state index in [1.165, 1.54) is 0 Å². The zero-order valence-corrected chi connectivity index (χ0v) is 10.9. The highest BCUT2D eigenvalue weighted by atomic mass is 79.9. The Morgan fingerprint density at radius 1 is 1.56 bits per heavy atom. The van der Waals surface area contributed by atoms with Crippen LogP contribution in [0.25, 0.3) is 0 Å². The zero-order valence-electron chi connectivity index (χ0n) is 9.28. The van der Waals surface area contributed by atoms with Gasteiger partial charge in [0.2, 0.25) is 0 Å². The molecule has 0 aliphatic rings. The maximum Gasteiger partial charge on any atom is 0.309 e. The van der Waals surface area contributed by atoms with E-state index >= 15 is 0 Å². The van der Waals surface area contributed by atoms with E-state index in [1.54, 1.807) is 0 Å². The van der Waals surface area contributed by atoms with Crippen molar-refractivity contribution in [3.63, 3.8) is 0 Å². The van der Waals surface area contributed by atoms with Crippen LogP contribution >= 0.6 is 15.9 Å². The Kier molecular flexibility index (Phi) is 5.49. The van der Waals surface area contributed by atoms with E-state index < -0.39 is 0 Å². The van der Waals surface area contributed by atoms with Gasteiger partial charge in [0.1, 0.15) is 6.61 Å². The lowest BCUT2D eigenvalue weighted by Gasteiger charge is -2.10. The monoisotopic (exact) mass is 285 g/mol. The molecule has 1 unspecified atom stereocenters. The molecule has 0 spiro atoms. The predicted molar refractivity (Wildman–Crippen MR) is 66.8 cm³/mol. The van der Waals surface area contributed by atoms with E-state index in [1.807, 2.05) is 31.2 Å². The molecule has 0 aromatic heterocycles. The highest BCUT2D eigenvalue weighted by molar-refractivity contribution is 9.10.